The zero-order chi connectivity index (χ0) is 14.9. The summed E-state index contributed by atoms with van der Waals surface area (Å²) < 4.78 is 15.5. The molecule has 0 bridgehead atoms. The van der Waals surface area contributed by atoms with Crippen LogP contribution in [0.15, 0.2) is 39.3 Å². The number of hydrogen-bond acceptors (Lipinski definition) is 2. The summed E-state index contributed by atoms with van der Waals surface area (Å²) in [5.74, 6) is 5.03. The first kappa shape index (κ1) is 16.2. The Morgan fingerprint density at radius 3 is 2.35 bits per heavy atom. The van der Waals surface area contributed by atoms with E-state index >= 15 is 0 Å². The van der Waals surface area contributed by atoms with Crippen LogP contribution in [0.2, 0.25) is 10.0 Å². The van der Waals surface area contributed by atoms with Gasteiger partial charge in [-0.25, -0.2) is 9.82 Å². The van der Waals surface area contributed by atoms with E-state index in [4.69, 9.17) is 29.0 Å². The third-order valence-electron chi connectivity index (χ3n) is 2.82. The zero-order valence-electron chi connectivity index (χ0n) is 9.93. The molecule has 0 radical (unpaired) electrons. The number of benzene rings is 2. The van der Waals surface area contributed by atoms with Crippen molar-refractivity contribution in [3.63, 3.8) is 0 Å². The van der Waals surface area contributed by atoms with E-state index in [0.29, 0.717) is 15.1 Å². The highest BCUT2D eigenvalue weighted by molar-refractivity contribution is 9.10. The van der Waals surface area contributed by atoms with Crippen molar-refractivity contribution in [2.45, 2.75) is 6.04 Å². The molecule has 7 heteroatoms. The minimum atomic E-state index is -0.550. The van der Waals surface area contributed by atoms with Gasteiger partial charge in [0.1, 0.15) is 5.82 Å². The van der Waals surface area contributed by atoms with Crippen LogP contribution >= 0.6 is 55.1 Å². The Hall–Kier alpha value is -0.170. The molecule has 0 amide bonds. The van der Waals surface area contributed by atoms with Gasteiger partial charge in [-0.3, -0.25) is 5.84 Å². The van der Waals surface area contributed by atoms with Gasteiger partial charge in [0.25, 0.3) is 0 Å². The summed E-state index contributed by atoms with van der Waals surface area (Å²) in [4.78, 5) is 0. The molecule has 0 aliphatic carbocycles. The van der Waals surface area contributed by atoms with E-state index in [2.05, 4.69) is 37.3 Å². The fraction of sp³-hybridized carbons (Fsp3) is 0.0769. The largest absolute Gasteiger partial charge is 0.271 e. The van der Waals surface area contributed by atoms with Gasteiger partial charge in [-0.2, -0.15) is 0 Å². The predicted molar refractivity (Wildman–Crippen MR) is 87.4 cm³/mol. The van der Waals surface area contributed by atoms with E-state index in [9.17, 15) is 4.39 Å². The smallest absolute Gasteiger partial charge is 0.148 e. The van der Waals surface area contributed by atoms with E-state index in [1.54, 1.807) is 30.3 Å². The maximum Gasteiger partial charge on any atom is 0.148 e. The fourth-order valence-corrected chi connectivity index (χ4v) is 2.74. The highest BCUT2D eigenvalue weighted by Gasteiger charge is 2.20. The molecule has 1 unspecified atom stereocenters. The molecule has 1 atom stereocenters. The topological polar surface area (TPSA) is 38.0 Å². The highest BCUT2D eigenvalue weighted by Crippen LogP contribution is 2.34. The molecule has 106 valence electrons. The lowest BCUT2D eigenvalue weighted by molar-refractivity contribution is 0.560. The SMILES string of the molecule is NNC(c1ccc(Br)c(Cl)c1)c1ccc(Br)c(Cl)c1F. The Kier molecular flexibility index (Phi) is 5.45. The molecule has 0 heterocycles. The second kappa shape index (κ2) is 6.73. The number of hydrogen-bond donors (Lipinski definition) is 2. The Labute approximate surface area is 142 Å². The number of rotatable bonds is 3. The van der Waals surface area contributed by atoms with Crippen LogP contribution in [0.25, 0.3) is 0 Å². The lowest BCUT2D eigenvalue weighted by Crippen LogP contribution is -2.29. The van der Waals surface area contributed by atoms with Gasteiger partial charge in [-0.15, -0.1) is 0 Å². The first-order chi connectivity index (χ1) is 9.45. The zero-order valence-corrected chi connectivity index (χ0v) is 14.6. The van der Waals surface area contributed by atoms with Gasteiger partial charge >= 0.3 is 0 Å². The molecule has 0 saturated heterocycles. The van der Waals surface area contributed by atoms with Crippen molar-refractivity contribution in [1.82, 2.24) is 5.43 Å². The molecule has 0 aliphatic heterocycles. The summed E-state index contributed by atoms with van der Waals surface area (Å²) in [5, 5.41) is 0.539. The first-order valence-corrected chi connectivity index (χ1v) is 7.84. The molecule has 2 rings (SSSR count). The molecular formula is C13H9Br2Cl2FN2. The van der Waals surface area contributed by atoms with Gasteiger partial charge in [-0.05, 0) is 55.6 Å². The molecule has 0 aromatic heterocycles. The molecule has 0 aliphatic rings. The van der Waals surface area contributed by atoms with Crippen molar-refractivity contribution in [1.29, 1.82) is 0 Å². The van der Waals surface area contributed by atoms with Crippen LogP contribution in [0.3, 0.4) is 0 Å². The van der Waals surface area contributed by atoms with E-state index < -0.39 is 11.9 Å². The van der Waals surface area contributed by atoms with E-state index in [-0.39, 0.29) is 5.02 Å². The molecule has 0 saturated carbocycles. The normalized spacial score (nSPS) is 12.5. The second-order valence-corrected chi connectivity index (χ2v) is 6.53. The third kappa shape index (κ3) is 3.18. The van der Waals surface area contributed by atoms with Crippen LogP contribution in [-0.4, -0.2) is 0 Å². The lowest BCUT2D eigenvalue weighted by Gasteiger charge is -2.19. The summed E-state index contributed by atoms with van der Waals surface area (Å²) in [6.45, 7) is 0. The standard InChI is InChI=1S/C13H9Br2Cl2FN2/c14-8-3-1-6(5-10(8)16)13(20-19)7-2-4-9(15)11(17)12(7)18/h1-5,13,20H,19H2. The van der Waals surface area contributed by atoms with Crippen molar-refractivity contribution in [2.24, 2.45) is 5.84 Å². The summed E-state index contributed by atoms with van der Waals surface area (Å²) >= 11 is 18.4. The average Bonchev–Trinajstić information content (AvgIpc) is 2.43. The van der Waals surface area contributed by atoms with Crippen LogP contribution in [0.5, 0.6) is 0 Å². The monoisotopic (exact) mass is 440 g/mol. The van der Waals surface area contributed by atoms with Gasteiger partial charge in [0.15, 0.2) is 0 Å². The number of nitrogens with two attached hydrogens (primary N) is 1. The minimum Gasteiger partial charge on any atom is -0.271 e. The lowest BCUT2D eigenvalue weighted by atomic mass is 9.99. The molecule has 2 aromatic rings. The van der Waals surface area contributed by atoms with Crippen LogP contribution in [-0.2, 0) is 0 Å². The van der Waals surface area contributed by atoms with Crippen LogP contribution in [0.4, 0.5) is 4.39 Å². The van der Waals surface area contributed by atoms with Crippen molar-refractivity contribution >= 4 is 55.1 Å². The predicted octanol–water partition coefficient (Wildman–Crippen LogP) is 5.21. The summed E-state index contributed by atoms with van der Waals surface area (Å²) in [6.07, 6.45) is 0. The summed E-state index contributed by atoms with van der Waals surface area (Å²) in [5.41, 5.74) is 3.66. The third-order valence-corrected chi connectivity index (χ3v) is 5.31. The second-order valence-electron chi connectivity index (χ2n) is 4.04. The van der Waals surface area contributed by atoms with Crippen LogP contribution in [0, 0.1) is 5.82 Å². The van der Waals surface area contributed by atoms with Gasteiger partial charge in [0, 0.05) is 14.5 Å². The van der Waals surface area contributed by atoms with Gasteiger partial charge in [-0.1, -0.05) is 35.3 Å². The number of nitrogens with one attached hydrogen (secondary N) is 1. The Morgan fingerprint density at radius 2 is 1.75 bits per heavy atom. The van der Waals surface area contributed by atoms with Crippen molar-refractivity contribution in [3.8, 4) is 0 Å². The van der Waals surface area contributed by atoms with Crippen LogP contribution in [0.1, 0.15) is 17.2 Å². The maximum atomic E-state index is 14.3. The number of hydrazine groups is 1. The quantitative estimate of drug-likeness (QED) is 0.389. The summed E-state index contributed by atoms with van der Waals surface area (Å²) in [6, 6.07) is 8.03. The molecule has 2 aromatic carbocycles. The molecule has 2 nitrogen and oxygen atoms in total. The number of halogens is 5. The highest BCUT2D eigenvalue weighted by atomic mass is 79.9. The van der Waals surface area contributed by atoms with E-state index in [1.807, 2.05) is 0 Å². The first-order valence-electron chi connectivity index (χ1n) is 5.50. The van der Waals surface area contributed by atoms with Crippen molar-refractivity contribution in [2.75, 3.05) is 0 Å². The van der Waals surface area contributed by atoms with Gasteiger partial charge < -0.3 is 0 Å². The maximum absolute atomic E-state index is 14.3. The van der Waals surface area contributed by atoms with Crippen LogP contribution < -0.4 is 11.3 Å². The van der Waals surface area contributed by atoms with Gasteiger partial charge in [0.2, 0.25) is 0 Å². The Morgan fingerprint density at radius 1 is 1.10 bits per heavy atom. The fourth-order valence-electron chi connectivity index (χ4n) is 1.82. The molecule has 0 fully saturated rings. The van der Waals surface area contributed by atoms with Crippen molar-refractivity contribution in [3.05, 3.63) is 66.3 Å². The average molecular weight is 443 g/mol. The van der Waals surface area contributed by atoms with E-state index in [0.717, 1.165) is 10.0 Å². The minimum absolute atomic E-state index is 0.0194. The van der Waals surface area contributed by atoms with Gasteiger partial charge in [0.05, 0.1) is 16.1 Å². The van der Waals surface area contributed by atoms with Crippen molar-refractivity contribution < 1.29 is 4.39 Å². The molecular weight excluding hydrogens is 434 g/mol. The Balaban J connectivity index is 2.52. The Bertz CT molecular complexity index is 653. The molecule has 3 N–H and O–H groups in total. The molecule has 20 heavy (non-hydrogen) atoms. The molecule has 0 spiro atoms. The summed E-state index contributed by atoms with van der Waals surface area (Å²) in [7, 11) is 0. The van der Waals surface area contributed by atoms with E-state index in [1.165, 1.54) is 0 Å².